The molecule has 0 bridgehead atoms. The second-order valence-corrected chi connectivity index (χ2v) is 5.53. The topological polar surface area (TPSA) is 42.2 Å². The van der Waals surface area contributed by atoms with Crippen LogP contribution in [-0.4, -0.2) is 24.1 Å². The van der Waals surface area contributed by atoms with Gasteiger partial charge in [-0.05, 0) is 38.3 Å². The van der Waals surface area contributed by atoms with Crippen molar-refractivity contribution in [2.24, 2.45) is 11.7 Å². The molecule has 1 aliphatic rings. The minimum atomic E-state index is -0.351. The number of hydrogen-bond acceptors (Lipinski definition) is 3. The van der Waals surface area contributed by atoms with E-state index in [9.17, 15) is 4.39 Å². The van der Waals surface area contributed by atoms with E-state index < -0.39 is 0 Å². The number of pyridine rings is 1. The van der Waals surface area contributed by atoms with Crippen LogP contribution in [-0.2, 0) is 0 Å². The molecule has 0 amide bonds. The zero-order chi connectivity index (χ0) is 13.8. The quantitative estimate of drug-likeness (QED) is 0.924. The SMILES string of the molecule is CCN(c1ncc(Cl)cc1F)C1CCCCC1CN. The molecule has 1 aliphatic carbocycles. The standard InChI is InChI=1S/C14H21ClFN3/c1-2-19(13-6-4-3-5-10(13)8-17)14-12(16)7-11(15)9-18-14/h7,9-10,13H,2-6,8,17H2,1H3. The average molecular weight is 286 g/mol. The van der Waals surface area contributed by atoms with Gasteiger partial charge in [0.15, 0.2) is 11.6 Å². The number of anilines is 1. The largest absolute Gasteiger partial charge is 0.351 e. The molecule has 2 N–H and O–H groups in total. The van der Waals surface area contributed by atoms with Gasteiger partial charge in [-0.15, -0.1) is 0 Å². The molecule has 1 aromatic rings. The van der Waals surface area contributed by atoms with Crippen molar-refractivity contribution in [2.45, 2.75) is 38.6 Å². The average Bonchev–Trinajstić information content (AvgIpc) is 2.42. The van der Waals surface area contributed by atoms with Crippen LogP contribution in [0.4, 0.5) is 10.2 Å². The van der Waals surface area contributed by atoms with Crippen molar-refractivity contribution in [3.63, 3.8) is 0 Å². The molecule has 19 heavy (non-hydrogen) atoms. The maximum absolute atomic E-state index is 14.1. The highest BCUT2D eigenvalue weighted by atomic mass is 35.5. The van der Waals surface area contributed by atoms with Gasteiger partial charge in [0, 0.05) is 18.8 Å². The van der Waals surface area contributed by atoms with E-state index in [1.165, 1.54) is 25.1 Å². The first-order valence-corrected chi connectivity index (χ1v) is 7.33. The normalized spacial score (nSPS) is 23.4. The number of hydrogen-bond donors (Lipinski definition) is 1. The van der Waals surface area contributed by atoms with Gasteiger partial charge in [-0.2, -0.15) is 0 Å². The molecule has 2 rings (SSSR count). The highest BCUT2D eigenvalue weighted by molar-refractivity contribution is 6.30. The summed E-state index contributed by atoms with van der Waals surface area (Å²) >= 11 is 5.77. The van der Waals surface area contributed by atoms with Crippen molar-refractivity contribution in [2.75, 3.05) is 18.0 Å². The Kier molecular flexibility index (Phi) is 4.99. The lowest BCUT2D eigenvalue weighted by Crippen LogP contribution is -2.46. The minimum Gasteiger partial charge on any atom is -0.351 e. The Labute approximate surface area is 118 Å². The van der Waals surface area contributed by atoms with Crippen LogP contribution < -0.4 is 10.6 Å². The third-order valence-electron chi connectivity index (χ3n) is 3.97. The van der Waals surface area contributed by atoms with Crippen LogP contribution in [0.2, 0.25) is 5.02 Å². The summed E-state index contributed by atoms with van der Waals surface area (Å²) in [6.45, 7) is 3.40. The third kappa shape index (κ3) is 3.18. The number of nitrogens with zero attached hydrogens (tertiary/aromatic N) is 2. The molecule has 2 unspecified atom stereocenters. The first-order chi connectivity index (χ1) is 9.17. The van der Waals surface area contributed by atoms with Gasteiger partial charge < -0.3 is 10.6 Å². The number of aromatic nitrogens is 1. The molecule has 0 saturated heterocycles. The summed E-state index contributed by atoms with van der Waals surface area (Å²) in [6, 6.07) is 1.61. The Balaban J connectivity index is 2.27. The van der Waals surface area contributed by atoms with E-state index in [4.69, 9.17) is 17.3 Å². The van der Waals surface area contributed by atoms with E-state index in [1.54, 1.807) is 0 Å². The van der Waals surface area contributed by atoms with Crippen molar-refractivity contribution in [3.8, 4) is 0 Å². The molecular formula is C14H21ClFN3. The van der Waals surface area contributed by atoms with Crippen LogP contribution in [0.5, 0.6) is 0 Å². The lowest BCUT2D eigenvalue weighted by Gasteiger charge is -2.40. The van der Waals surface area contributed by atoms with E-state index in [-0.39, 0.29) is 11.9 Å². The summed E-state index contributed by atoms with van der Waals surface area (Å²) in [5.74, 6) is 0.471. The maximum atomic E-state index is 14.1. The predicted molar refractivity (Wildman–Crippen MR) is 77.0 cm³/mol. The Hall–Kier alpha value is -0.870. The molecule has 0 radical (unpaired) electrons. The fourth-order valence-corrected chi connectivity index (χ4v) is 3.18. The summed E-state index contributed by atoms with van der Waals surface area (Å²) in [7, 11) is 0. The van der Waals surface area contributed by atoms with Gasteiger partial charge >= 0.3 is 0 Å². The highest BCUT2D eigenvalue weighted by Crippen LogP contribution is 2.31. The van der Waals surface area contributed by atoms with E-state index >= 15 is 0 Å². The van der Waals surface area contributed by atoms with Gasteiger partial charge in [-0.25, -0.2) is 9.37 Å². The Morgan fingerprint density at radius 2 is 2.21 bits per heavy atom. The smallest absolute Gasteiger partial charge is 0.167 e. The van der Waals surface area contributed by atoms with Crippen LogP contribution in [0.25, 0.3) is 0 Å². The molecule has 2 atom stereocenters. The summed E-state index contributed by atoms with van der Waals surface area (Å²) in [5, 5.41) is 0.330. The van der Waals surface area contributed by atoms with E-state index in [2.05, 4.69) is 4.98 Å². The van der Waals surface area contributed by atoms with E-state index in [0.29, 0.717) is 23.3 Å². The van der Waals surface area contributed by atoms with Gasteiger partial charge in [0.25, 0.3) is 0 Å². The van der Waals surface area contributed by atoms with E-state index in [0.717, 1.165) is 19.4 Å². The lowest BCUT2D eigenvalue weighted by atomic mass is 9.83. The molecule has 3 nitrogen and oxygen atoms in total. The van der Waals surface area contributed by atoms with Crippen molar-refractivity contribution >= 4 is 17.4 Å². The summed E-state index contributed by atoms with van der Waals surface area (Å²) < 4.78 is 14.1. The number of halogens is 2. The third-order valence-corrected chi connectivity index (χ3v) is 4.18. The van der Waals surface area contributed by atoms with Crippen molar-refractivity contribution in [3.05, 3.63) is 23.1 Å². The molecule has 1 heterocycles. The highest BCUT2D eigenvalue weighted by Gasteiger charge is 2.30. The Bertz CT molecular complexity index is 427. The summed E-state index contributed by atoms with van der Waals surface area (Å²) in [5.41, 5.74) is 5.86. The minimum absolute atomic E-state index is 0.284. The molecular weight excluding hydrogens is 265 g/mol. The summed E-state index contributed by atoms with van der Waals surface area (Å²) in [6.07, 6.45) is 6.06. The molecule has 5 heteroatoms. The fourth-order valence-electron chi connectivity index (χ4n) is 3.03. The summed E-state index contributed by atoms with van der Waals surface area (Å²) in [4.78, 5) is 6.22. The Morgan fingerprint density at radius 1 is 1.47 bits per heavy atom. The molecule has 1 saturated carbocycles. The Morgan fingerprint density at radius 3 is 2.84 bits per heavy atom. The lowest BCUT2D eigenvalue weighted by molar-refractivity contribution is 0.298. The molecule has 106 valence electrons. The first kappa shape index (κ1) is 14.5. The van der Waals surface area contributed by atoms with Gasteiger partial charge in [0.05, 0.1) is 5.02 Å². The van der Waals surface area contributed by atoms with Gasteiger partial charge in [-0.3, -0.25) is 0 Å². The van der Waals surface area contributed by atoms with Crippen LogP contribution in [0, 0.1) is 11.7 Å². The fraction of sp³-hybridized carbons (Fsp3) is 0.643. The molecule has 0 aliphatic heterocycles. The number of nitrogens with two attached hydrogens (primary N) is 1. The van der Waals surface area contributed by atoms with E-state index in [1.807, 2.05) is 11.8 Å². The zero-order valence-corrected chi connectivity index (χ0v) is 12.0. The maximum Gasteiger partial charge on any atom is 0.167 e. The van der Waals surface area contributed by atoms with Crippen LogP contribution in [0.15, 0.2) is 12.3 Å². The molecule has 1 fully saturated rings. The molecule has 1 aromatic heterocycles. The van der Waals surface area contributed by atoms with Gasteiger partial charge in [0.1, 0.15) is 0 Å². The predicted octanol–water partition coefficient (Wildman–Crippen LogP) is 3.22. The van der Waals surface area contributed by atoms with Gasteiger partial charge in [-0.1, -0.05) is 24.4 Å². The second-order valence-electron chi connectivity index (χ2n) is 5.09. The first-order valence-electron chi connectivity index (χ1n) is 6.95. The number of rotatable bonds is 4. The van der Waals surface area contributed by atoms with Crippen LogP contribution in [0.1, 0.15) is 32.6 Å². The van der Waals surface area contributed by atoms with Crippen LogP contribution >= 0.6 is 11.6 Å². The van der Waals surface area contributed by atoms with Gasteiger partial charge in [0.2, 0.25) is 0 Å². The molecule has 0 aromatic carbocycles. The van der Waals surface area contributed by atoms with Crippen molar-refractivity contribution < 1.29 is 4.39 Å². The second kappa shape index (κ2) is 6.53. The monoisotopic (exact) mass is 285 g/mol. The molecule has 0 spiro atoms. The van der Waals surface area contributed by atoms with Crippen molar-refractivity contribution in [1.29, 1.82) is 0 Å². The van der Waals surface area contributed by atoms with Crippen LogP contribution in [0.3, 0.4) is 0 Å². The zero-order valence-electron chi connectivity index (χ0n) is 11.3. The van der Waals surface area contributed by atoms with Crippen molar-refractivity contribution in [1.82, 2.24) is 4.98 Å².